The van der Waals surface area contributed by atoms with Gasteiger partial charge >= 0.3 is 0 Å². The summed E-state index contributed by atoms with van der Waals surface area (Å²) in [4.78, 5) is 14.9. The zero-order chi connectivity index (χ0) is 20.0. The Labute approximate surface area is 166 Å². The van der Waals surface area contributed by atoms with Gasteiger partial charge in [0.15, 0.2) is 9.84 Å². The maximum atomic E-state index is 12.9. The van der Waals surface area contributed by atoms with Crippen LogP contribution in [0.15, 0.2) is 54.6 Å². The Morgan fingerprint density at radius 1 is 1.07 bits per heavy atom. The van der Waals surface area contributed by atoms with Gasteiger partial charge in [-0.05, 0) is 24.1 Å². The van der Waals surface area contributed by atoms with E-state index in [1.54, 1.807) is 0 Å². The van der Waals surface area contributed by atoms with Crippen molar-refractivity contribution in [3.05, 3.63) is 65.7 Å². The Morgan fingerprint density at radius 3 is 2.39 bits per heavy atom. The second-order valence-electron chi connectivity index (χ2n) is 6.91. The Morgan fingerprint density at radius 2 is 1.71 bits per heavy atom. The van der Waals surface area contributed by atoms with Gasteiger partial charge in [0, 0.05) is 13.1 Å². The van der Waals surface area contributed by atoms with Gasteiger partial charge in [0.1, 0.15) is 18.4 Å². The van der Waals surface area contributed by atoms with E-state index >= 15 is 0 Å². The first-order chi connectivity index (χ1) is 13.5. The molecule has 0 aromatic heterocycles. The molecule has 150 valence electrons. The zero-order valence-electron chi connectivity index (χ0n) is 16.0. The third-order valence-corrected chi connectivity index (χ3v) is 6.47. The topological polar surface area (TPSA) is 75.7 Å². The van der Waals surface area contributed by atoms with Crippen molar-refractivity contribution in [1.82, 2.24) is 10.2 Å². The molecule has 1 atom stereocenters. The van der Waals surface area contributed by atoms with Crippen LogP contribution in [0, 0.1) is 6.92 Å². The van der Waals surface area contributed by atoms with Crippen LogP contribution in [-0.4, -0.2) is 57.0 Å². The van der Waals surface area contributed by atoms with Gasteiger partial charge in [-0.25, -0.2) is 8.42 Å². The molecule has 28 heavy (non-hydrogen) atoms. The number of nitrogens with zero attached hydrogens (tertiary/aromatic N) is 1. The molecule has 1 aliphatic rings. The molecule has 1 heterocycles. The first-order valence-corrected chi connectivity index (χ1v) is 11.2. The molecular formula is C21H26N2O4S. The van der Waals surface area contributed by atoms with Crippen molar-refractivity contribution in [2.45, 2.75) is 13.0 Å². The lowest BCUT2D eigenvalue weighted by molar-refractivity contribution is -0.126. The minimum Gasteiger partial charge on any atom is -0.491 e. The molecular weight excluding hydrogens is 376 g/mol. The summed E-state index contributed by atoms with van der Waals surface area (Å²) in [6.45, 7) is 3.43. The van der Waals surface area contributed by atoms with Crippen molar-refractivity contribution in [3.63, 3.8) is 0 Å². The highest BCUT2D eigenvalue weighted by Gasteiger charge is 2.32. The number of ether oxygens (including phenoxy) is 1. The number of carbonyl (C=O) groups excluding carboxylic acids is 1. The normalized spacial score (nSPS) is 17.6. The predicted octanol–water partition coefficient (Wildman–Crippen LogP) is 1.96. The van der Waals surface area contributed by atoms with E-state index in [0.29, 0.717) is 26.2 Å². The lowest BCUT2D eigenvalue weighted by atomic mass is 10.0. The Hall–Kier alpha value is -2.38. The summed E-state index contributed by atoms with van der Waals surface area (Å²) in [7, 11) is -3.01. The van der Waals surface area contributed by atoms with Crippen molar-refractivity contribution in [2.75, 3.05) is 37.7 Å². The largest absolute Gasteiger partial charge is 0.491 e. The summed E-state index contributed by atoms with van der Waals surface area (Å²) in [6.07, 6.45) is 0. The van der Waals surface area contributed by atoms with Crippen molar-refractivity contribution in [1.29, 1.82) is 0 Å². The van der Waals surface area contributed by atoms with E-state index in [2.05, 4.69) is 5.32 Å². The number of amides is 1. The molecule has 3 rings (SSSR count). The summed E-state index contributed by atoms with van der Waals surface area (Å²) in [5.41, 5.74) is 1.91. The quantitative estimate of drug-likeness (QED) is 0.717. The fourth-order valence-corrected chi connectivity index (χ4v) is 4.53. The minimum atomic E-state index is -3.01. The number of aryl methyl sites for hydroxylation is 1. The lowest BCUT2D eigenvalue weighted by Gasteiger charge is -2.33. The number of nitrogens with one attached hydrogen (secondary N) is 1. The molecule has 2 aromatic rings. The van der Waals surface area contributed by atoms with E-state index in [0.717, 1.165) is 16.9 Å². The molecule has 1 fully saturated rings. The van der Waals surface area contributed by atoms with Crippen molar-refractivity contribution >= 4 is 15.7 Å². The van der Waals surface area contributed by atoms with Crippen LogP contribution in [0.3, 0.4) is 0 Å². The van der Waals surface area contributed by atoms with Gasteiger partial charge in [-0.3, -0.25) is 9.69 Å². The fourth-order valence-electron chi connectivity index (χ4n) is 3.30. The number of para-hydroxylation sites is 1. The van der Waals surface area contributed by atoms with E-state index < -0.39 is 15.9 Å². The van der Waals surface area contributed by atoms with Crippen LogP contribution < -0.4 is 10.1 Å². The summed E-state index contributed by atoms with van der Waals surface area (Å²) in [5.74, 6) is 0.830. The molecule has 2 aromatic carbocycles. The number of rotatable bonds is 7. The SMILES string of the molecule is Cc1ccccc1OCCNC(=O)C(c1ccccc1)N1CCS(=O)(=O)CC1. The summed E-state index contributed by atoms with van der Waals surface area (Å²) in [5, 5.41) is 2.93. The molecule has 6 nitrogen and oxygen atoms in total. The Balaban J connectivity index is 1.61. The van der Waals surface area contributed by atoms with Gasteiger partial charge in [0.2, 0.25) is 5.91 Å². The average molecular weight is 403 g/mol. The van der Waals surface area contributed by atoms with E-state index in [-0.39, 0.29) is 17.4 Å². The standard InChI is InChI=1S/C21H26N2O4S/c1-17-7-5-6-10-19(17)27-14-11-22-21(24)20(18-8-3-2-4-9-18)23-12-15-28(25,26)16-13-23/h2-10,20H,11-16H2,1H3,(H,22,24). The van der Waals surface area contributed by atoms with Gasteiger partial charge in [-0.15, -0.1) is 0 Å². The summed E-state index contributed by atoms with van der Waals surface area (Å²) >= 11 is 0. The van der Waals surface area contributed by atoms with Crippen LogP contribution in [0.2, 0.25) is 0 Å². The van der Waals surface area contributed by atoms with Crippen molar-refractivity contribution in [2.24, 2.45) is 0 Å². The molecule has 0 bridgehead atoms. The molecule has 0 saturated carbocycles. The lowest BCUT2D eigenvalue weighted by Crippen LogP contribution is -2.48. The minimum absolute atomic E-state index is 0.0833. The van der Waals surface area contributed by atoms with Crippen LogP contribution in [0.1, 0.15) is 17.2 Å². The highest BCUT2D eigenvalue weighted by molar-refractivity contribution is 7.91. The summed E-state index contributed by atoms with van der Waals surface area (Å²) < 4.78 is 29.2. The first-order valence-electron chi connectivity index (χ1n) is 9.42. The third-order valence-electron chi connectivity index (χ3n) is 4.86. The highest BCUT2D eigenvalue weighted by Crippen LogP contribution is 2.23. The average Bonchev–Trinajstić information content (AvgIpc) is 2.69. The Bertz CT molecular complexity index is 886. The van der Waals surface area contributed by atoms with E-state index in [1.165, 1.54) is 0 Å². The van der Waals surface area contributed by atoms with Crippen LogP contribution in [0.4, 0.5) is 0 Å². The number of carbonyl (C=O) groups is 1. The fraction of sp³-hybridized carbons (Fsp3) is 0.381. The number of hydrogen-bond donors (Lipinski definition) is 1. The number of sulfone groups is 1. The van der Waals surface area contributed by atoms with Gasteiger partial charge in [-0.1, -0.05) is 48.5 Å². The van der Waals surface area contributed by atoms with Crippen molar-refractivity contribution in [3.8, 4) is 5.75 Å². The van der Waals surface area contributed by atoms with Crippen LogP contribution >= 0.6 is 0 Å². The van der Waals surface area contributed by atoms with Gasteiger partial charge in [0.05, 0.1) is 18.1 Å². The van der Waals surface area contributed by atoms with Gasteiger partial charge < -0.3 is 10.1 Å². The van der Waals surface area contributed by atoms with E-state index in [1.807, 2.05) is 66.4 Å². The Kier molecular flexibility index (Phi) is 6.70. The van der Waals surface area contributed by atoms with Crippen LogP contribution in [0.5, 0.6) is 5.75 Å². The van der Waals surface area contributed by atoms with E-state index in [9.17, 15) is 13.2 Å². The second-order valence-corrected chi connectivity index (χ2v) is 9.21. The van der Waals surface area contributed by atoms with Crippen LogP contribution in [-0.2, 0) is 14.6 Å². The maximum absolute atomic E-state index is 12.9. The molecule has 0 radical (unpaired) electrons. The zero-order valence-corrected chi connectivity index (χ0v) is 16.8. The number of hydrogen-bond acceptors (Lipinski definition) is 5. The molecule has 1 amide bonds. The van der Waals surface area contributed by atoms with E-state index in [4.69, 9.17) is 4.74 Å². The summed E-state index contributed by atoms with van der Waals surface area (Å²) in [6, 6.07) is 16.7. The predicted molar refractivity (Wildman–Crippen MR) is 109 cm³/mol. The molecule has 1 aliphatic heterocycles. The molecule has 0 spiro atoms. The molecule has 0 aliphatic carbocycles. The smallest absolute Gasteiger partial charge is 0.242 e. The molecule has 1 unspecified atom stereocenters. The first kappa shape index (κ1) is 20.4. The molecule has 7 heteroatoms. The van der Waals surface area contributed by atoms with Crippen LogP contribution in [0.25, 0.3) is 0 Å². The van der Waals surface area contributed by atoms with Gasteiger partial charge in [-0.2, -0.15) is 0 Å². The maximum Gasteiger partial charge on any atom is 0.242 e. The molecule has 1 saturated heterocycles. The second kappa shape index (κ2) is 9.21. The van der Waals surface area contributed by atoms with Crippen molar-refractivity contribution < 1.29 is 17.9 Å². The number of benzene rings is 2. The monoisotopic (exact) mass is 402 g/mol. The highest BCUT2D eigenvalue weighted by atomic mass is 32.2. The third kappa shape index (κ3) is 5.33. The molecule has 1 N–H and O–H groups in total. The van der Waals surface area contributed by atoms with Gasteiger partial charge in [0.25, 0.3) is 0 Å².